The zero-order valence-corrected chi connectivity index (χ0v) is 12.3. The van der Waals surface area contributed by atoms with E-state index in [-0.39, 0.29) is 17.9 Å². The number of hydrogen-bond donors (Lipinski definition) is 3. The minimum absolute atomic E-state index is 0.0202. The van der Waals surface area contributed by atoms with E-state index in [4.69, 9.17) is 0 Å². The van der Waals surface area contributed by atoms with Gasteiger partial charge in [-0.25, -0.2) is 0 Å². The minimum Gasteiger partial charge on any atom is -0.352 e. The Hall–Kier alpha value is -1.53. The van der Waals surface area contributed by atoms with E-state index in [1.165, 1.54) is 6.92 Å². The van der Waals surface area contributed by atoms with Crippen molar-refractivity contribution in [3.8, 4) is 0 Å². The fourth-order valence-corrected chi connectivity index (χ4v) is 2.48. The Bertz CT molecular complexity index is 490. The lowest BCUT2D eigenvalue weighted by atomic mass is 10.2. The summed E-state index contributed by atoms with van der Waals surface area (Å²) in [6.07, 6.45) is 0.890. The van der Waals surface area contributed by atoms with Crippen molar-refractivity contribution in [3.05, 3.63) is 24.3 Å². The van der Waals surface area contributed by atoms with Gasteiger partial charge in [-0.3, -0.25) is 14.5 Å². The highest BCUT2D eigenvalue weighted by molar-refractivity contribution is 7.80. The molecule has 0 spiro atoms. The number of rotatable bonds is 4. The van der Waals surface area contributed by atoms with Crippen LogP contribution in [-0.2, 0) is 9.59 Å². The molecule has 1 heterocycles. The predicted molar refractivity (Wildman–Crippen MR) is 81.0 cm³/mol. The van der Waals surface area contributed by atoms with E-state index in [0.29, 0.717) is 6.54 Å². The van der Waals surface area contributed by atoms with E-state index in [2.05, 4.69) is 23.3 Å². The van der Waals surface area contributed by atoms with Crippen LogP contribution < -0.4 is 10.6 Å². The lowest BCUT2D eigenvalue weighted by Gasteiger charge is -2.16. The summed E-state index contributed by atoms with van der Waals surface area (Å²) in [5.41, 5.74) is 0.769. The van der Waals surface area contributed by atoms with Crippen molar-refractivity contribution < 1.29 is 9.59 Å². The molecule has 1 aliphatic rings. The number of anilines is 1. The van der Waals surface area contributed by atoms with Gasteiger partial charge < -0.3 is 10.6 Å². The maximum absolute atomic E-state index is 11.9. The molecule has 0 radical (unpaired) electrons. The normalized spacial score (nSPS) is 18.8. The lowest BCUT2D eigenvalue weighted by molar-refractivity contribution is -0.119. The second-order valence-electron chi connectivity index (χ2n) is 5.02. The van der Waals surface area contributed by atoms with Gasteiger partial charge in [0.1, 0.15) is 0 Å². The molecule has 0 bridgehead atoms. The van der Waals surface area contributed by atoms with Crippen LogP contribution in [0.1, 0.15) is 13.3 Å². The van der Waals surface area contributed by atoms with Gasteiger partial charge in [-0.05, 0) is 30.7 Å². The minimum atomic E-state index is -0.0413. The number of hydrogen-bond acceptors (Lipinski definition) is 4. The van der Waals surface area contributed by atoms with E-state index in [1.54, 1.807) is 0 Å². The third kappa shape index (κ3) is 4.54. The van der Waals surface area contributed by atoms with Gasteiger partial charge in [0, 0.05) is 36.6 Å². The summed E-state index contributed by atoms with van der Waals surface area (Å²) in [5.74, 6) is -0.0615. The molecule has 2 rings (SSSR count). The first kappa shape index (κ1) is 14.9. The van der Waals surface area contributed by atoms with Crippen molar-refractivity contribution in [3.63, 3.8) is 0 Å². The van der Waals surface area contributed by atoms with E-state index in [0.717, 1.165) is 30.1 Å². The van der Waals surface area contributed by atoms with Gasteiger partial charge in [0.15, 0.2) is 0 Å². The average Bonchev–Trinajstić information content (AvgIpc) is 2.78. The summed E-state index contributed by atoms with van der Waals surface area (Å²) >= 11 is 4.20. The van der Waals surface area contributed by atoms with Crippen LogP contribution in [0.15, 0.2) is 29.2 Å². The molecule has 1 fully saturated rings. The van der Waals surface area contributed by atoms with Gasteiger partial charge >= 0.3 is 0 Å². The third-order valence-electron chi connectivity index (χ3n) is 3.20. The van der Waals surface area contributed by atoms with Crippen LogP contribution >= 0.6 is 12.6 Å². The van der Waals surface area contributed by atoms with Crippen LogP contribution in [0.25, 0.3) is 0 Å². The number of amides is 2. The van der Waals surface area contributed by atoms with Crippen molar-refractivity contribution in [1.82, 2.24) is 10.2 Å². The van der Waals surface area contributed by atoms with Crippen LogP contribution in [0.2, 0.25) is 0 Å². The zero-order chi connectivity index (χ0) is 14.5. The standard InChI is InChI=1S/C14H19N3O2S/c1-10(18)15-12-6-7-17(8-12)9-14(19)16-11-2-4-13(20)5-3-11/h2-5,12,20H,6-9H2,1H3,(H,15,18)(H,16,19). The number of carbonyl (C=O) groups excluding carboxylic acids is 2. The fraction of sp³-hybridized carbons (Fsp3) is 0.429. The van der Waals surface area contributed by atoms with Crippen LogP contribution in [0.5, 0.6) is 0 Å². The molecule has 1 aromatic rings. The van der Waals surface area contributed by atoms with Gasteiger partial charge in [0.2, 0.25) is 11.8 Å². The zero-order valence-electron chi connectivity index (χ0n) is 11.4. The summed E-state index contributed by atoms with van der Waals surface area (Å²) in [7, 11) is 0. The molecule has 1 aromatic carbocycles. The van der Waals surface area contributed by atoms with E-state index < -0.39 is 0 Å². The Labute approximate surface area is 124 Å². The third-order valence-corrected chi connectivity index (χ3v) is 3.50. The highest BCUT2D eigenvalue weighted by Gasteiger charge is 2.24. The summed E-state index contributed by atoms with van der Waals surface area (Å²) in [4.78, 5) is 25.8. The fourth-order valence-electron chi connectivity index (χ4n) is 2.33. The number of nitrogens with one attached hydrogen (secondary N) is 2. The van der Waals surface area contributed by atoms with Crippen LogP contribution in [0.4, 0.5) is 5.69 Å². The molecule has 2 N–H and O–H groups in total. The van der Waals surface area contributed by atoms with Crippen LogP contribution in [-0.4, -0.2) is 42.4 Å². The lowest BCUT2D eigenvalue weighted by Crippen LogP contribution is -2.37. The van der Waals surface area contributed by atoms with Crippen LogP contribution in [0.3, 0.4) is 0 Å². The molecule has 1 aliphatic heterocycles. The number of thiol groups is 1. The molecule has 1 unspecified atom stereocenters. The molecule has 1 saturated heterocycles. The number of benzene rings is 1. The molecular weight excluding hydrogens is 274 g/mol. The first-order valence-corrected chi connectivity index (χ1v) is 7.06. The van der Waals surface area contributed by atoms with E-state index in [1.807, 2.05) is 29.2 Å². The summed E-state index contributed by atoms with van der Waals surface area (Å²) in [6.45, 7) is 3.41. The van der Waals surface area contributed by atoms with Crippen molar-refractivity contribution in [2.45, 2.75) is 24.3 Å². The highest BCUT2D eigenvalue weighted by Crippen LogP contribution is 2.13. The quantitative estimate of drug-likeness (QED) is 0.729. The number of carbonyl (C=O) groups is 2. The second kappa shape index (κ2) is 6.76. The molecule has 5 nitrogen and oxygen atoms in total. The first-order chi connectivity index (χ1) is 9.52. The van der Waals surface area contributed by atoms with Gasteiger partial charge in [0.25, 0.3) is 0 Å². The summed E-state index contributed by atoms with van der Waals surface area (Å²) < 4.78 is 0. The SMILES string of the molecule is CC(=O)NC1CCN(CC(=O)Nc2ccc(S)cc2)C1. The predicted octanol–water partition coefficient (Wildman–Crippen LogP) is 1.12. The second-order valence-corrected chi connectivity index (χ2v) is 5.53. The molecular formula is C14H19N3O2S. The highest BCUT2D eigenvalue weighted by atomic mass is 32.1. The maximum atomic E-state index is 11.9. The maximum Gasteiger partial charge on any atom is 0.238 e. The molecule has 0 saturated carbocycles. The number of nitrogens with zero attached hydrogens (tertiary/aromatic N) is 1. The Balaban J connectivity index is 1.78. The van der Waals surface area contributed by atoms with E-state index in [9.17, 15) is 9.59 Å². The van der Waals surface area contributed by atoms with Crippen LogP contribution in [0, 0.1) is 0 Å². The summed E-state index contributed by atoms with van der Waals surface area (Å²) in [5, 5.41) is 5.73. The molecule has 2 amide bonds. The van der Waals surface area contributed by atoms with E-state index >= 15 is 0 Å². The molecule has 20 heavy (non-hydrogen) atoms. The smallest absolute Gasteiger partial charge is 0.238 e. The topological polar surface area (TPSA) is 61.4 Å². The van der Waals surface area contributed by atoms with Gasteiger partial charge in [-0.1, -0.05) is 0 Å². The Morgan fingerprint density at radius 1 is 1.35 bits per heavy atom. The molecule has 1 atom stereocenters. The van der Waals surface area contributed by atoms with Gasteiger partial charge in [-0.15, -0.1) is 12.6 Å². The van der Waals surface area contributed by atoms with Gasteiger partial charge in [-0.2, -0.15) is 0 Å². The van der Waals surface area contributed by atoms with Crippen molar-refractivity contribution in [2.75, 3.05) is 25.0 Å². The Kier molecular flexibility index (Phi) is 5.03. The average molecular weight is 293 g/mol. The van der Waals surface area contributed by atoms with Crippen molar-refractivity contribution >= 4 is 30.1 Å². The molecule has 6 heteroatoms. The summed E-state index contributed by atoms with van der Waals surface area (Å²) in [6, 6.07) is 7.47. The van der Waals surface area contributed by atoms with Crippen molar-refractivity contribution in [1.29, 1.82) is 0 Å². The molecule has 108 valence electrons. The molecule has 0 aliphatic carbocycles. The van der Waals surface area contributed by atoms with Gasteiger partial charge in [0.05, 0.1) is 6.54 Å². The Morgan fingerprint density at radius 3 is 2.70 bits per heavy atom. The Morgan fingerprint density at radius 2 is 2.05 bits per heavy atom. The van der Waals surface area contributed by atoms with Crippen molar-refractivity contribution in [2.24, 2.45) is 0 Å². The number of likely N-dealkylation sites (tertiary alicyclic amines) is 1. The largest absolute Gasteiger partial charge is 0.352 e. The monoisotopic (exact) mass is 293 g/mol. The molecule has 0 aromatic heterocycles. The first-order valence-electron chi connectivity index (χ1n) is 6.61.